The van der Waals surface area contributed by atoms with E-state index in [0.29, 0.717) is 6.54 Å². The molecular formula is C12H18N2O. The standard InChI is InChI=1S/C12H18N2O/c13-8-11-9-14-6-4-12(11)15-7-5-10-2-1-3-10/h4,6,9-10H,1-3,5,7-8,13H2. The summed E-state index contributed by atoms with van der Waals surface area (Å²) in [6.07, 6.45) is 8.85. The maximum atomic E-state index is 5.71. The lowest BCUT2D eigenvalue weighted by molar-refractivity contribution is 0.221. The highest BCUT2D eigenvalue weighted by Gasteiger charge is 2.16. The molecule has 1 aromatic rings. The van der Waals surface area contributed by atoms with Crippen LogP contribution in [0.5, 0.6) is 5.75 Å². The molecule has 0 spiro atoms. The molecule has 0 bridgehead atoms. The van der Waals surface area contributed by atoms with Crippen LogP contribution in [-0.2, 0) is 6.54 Å². The monoisotopic (exact) mass is 206 g/mol. The summed E-state index contributed by atoms with van der Waals surface area (Å²) in [5, 5.41) is 0. The van der Waals surface area contributed by atoms with Crippen LogP contribution in [0.1, 0.15) is 31.2 Å². The Morgan fingerprint density at radius 1 is 1.47 bits per heavy atom. The van der Waals surface area contributed by atoms with E-state index in [1.807, 2.05) is 6.07 Å². The number of rotatable bonds is 5. The van der Waals surface area contributed by atoms with E-state index >= 15 is 0 Å². The minimum Gasteiger partial charge on any atom is -0.493 e. The van der Waals surface area contributed by atoms with E-state index in [1.54, 1.807) is 12.4 Å². The molecule has 3 heteroatoms. The number of hydrogen-bond acceptors (Lipinski definition) is 3. The Labute approximate surface area is 90.7 Å². The van der Waals surface area contributed by atoms with E-state index in [9.17, 15) is 0 Å². The summed E-state index contributed by atoms with van der Waals surface area (Å²) >= 11 is 0. The van der Waals surface area contributed by atoms with Crippen molar-refractivity contribution in [1.29, 1.82) is 0 Å². The van der Waals surface area contributed by atoms with Crippen LogP contribution < -0.4 is 10.5 Å². The Balaban J connectivity index is 1.81. The predicted molar refractivity (Wildman–Crippen MR) is 59.6 cm³/mol. The molecule has 2 N–H and O–H groups in total. The van der Waals surface area contributed by atoms with Gasteiger partial charge in [-0.2, -0.15) is 0 Å². The van der Waals surface area contributed by atoms with Crippen LogP contribution >= 0.6 is 0 Å². The van der Waals surface area contributed by atoms with Gasteiger partial charge in [-0.1, -0.05) is 19.3 Å². The van der Waals surface area contributed by atoms with Gasteiger partial charge in [-0.15, -0.1) is 0 Å². The lowest BCUT2D eigenvalue weighted by Crippen LogP contribution is -2.15. The van der Waals surface area contributed by atoms with Crippen LogP contribution in [0, 0.1) is 5.92 Å². The summed E-state index contributed by atoms with van der Waals surface area (Å²) in [5.74, 6) is 1.79. The molecule has 82 valence electrons. The molecule has 1 aromatic heterocycles. The molecule has 0 aromatic carbocycles. The molecule has 1 saturated carbocycles. The first-order chi connectivity index (χ1) is 7.40. The van der Waals surface area contributed by atoms with Crippen molar-refractivity contribution in [2.24, 2.45) is 11.7 Å². The van der Waals surface area contributed by atoms with Gasteiger partial charge in [0.1, 0.15) is 5.75 Å². The molecular weight excluding hydrogens is 188 g/mol. The van der Waals surface area contributed by atoms with Crippen molar-refractivity contribution < 1.29 is 4.74 Å². The smallest absolute Gasteiger partial charge is 0.126 e. The Morgan fingerprint density at radius 2 is 2.33 bits per heavy atom. The topological polar surface area (TPSA) is 48.1 Å². The zero-order valence-corrected chi connectivity index (χ0v) is 8.98. The molecule has 1 aliphatic rings. The Bertz CT molecular complexity index is 310. The first-order valence-corrected chi connectivity index (χ1v) is 5.66. The molecule has 1 fully saturated rings. The Morgan fingerprint density at radius 3 is 3.00 bits per heavy atom. The molecule has 1 aliphatic carbocycles. The van der Waals surface area contributed by atoms with Gasteiger partial charge in [-0.05, 0) is 18.4 Å². The third-order valence-electron chi connectivity index (χ3n) is 3.09. The minimum absolute atomic E-state index is 0.493. The summed E-state index contributed by atoms with van der Waals surface area (Å²) in [7, 11) is 0. The van der Waals surface area contributed by atoms with Crippen LogP contribution in [0.2, 0.25) is 0 Å². The quantitative estimate of drug-likeness (QED) is 0.802. The van der Waals surface area contributed by atoms with Crippen LogP contribution in [0.3, 0.4) is 0 Å². The molecule has 2 rings (SSSR count). The maximum absolute atomic E-state index is 5.71. The van der Waals surface area contributed by atoms with E-state index < -0.39 is 0 Å². The van der Waals surface area contributed by atoms with E-state index in [4.69, 9.17) is 10.5 Å². The molecule has 0 amide bonds. The fourth-order valence-corrected chi connectivity index (χ4v) is 1.83. The molecule has 0 radical (unpaired) electrons. The third-order valence-corrected chi connectivity index (χ3v) is 3.09. The van der Waals surface area contributed by atoms with Gasteiger partial charge >= 0.3 is 0 Å². The van der Waals surface area contributed by atoms with Crippen molar-refractivity contribution in [3.05, 3.63) is 24.0 Å². The van der Waals surface area contributed by atoms with Gasteiger partial charge < -0.3 is 10.5 Å². The molecule has 0 atom stereocenters. The van der Waals surface area contributed by atoms with Crippen molar-refractivity contribution in [2.75, 3.05) is 6.61 Å². The highest BCUT2D eigenvalue weighted by atomic mass is 16.5. The van der Waals surface area contributed by atoms with Crippen molar-refractivity contribution in [1.82, 2.24) is 4.98 Å². The number of nitrogens with zero attached hydrogens (tertiary/aromatic N) is 1. The van der Waals surface area contributed by atoms with Crippen LogP contribution in [0.4, 0.5) is 0 Å². The van der Waals surface area contributed by atoms with Crippen molar-refractivity contribution in [2.45, 2.75) is 32.2 Å². The van der Waals surface area contributed by atoms with Crippen LogP contribution in [-0.4, -0.2) is 11.6 Å². The van der Waals surface area contributed by atoms with Gasteiger partial charge in [-0.3, -0.25) is 4.98 Å². The normalized spacial score (nSPS) is 16.1. The number of aromatic nitrogens is 1. The Hall–Kier alpha value is -1.09. The largest absolute Gasteiger partial charge is 0.493 e. The van der Waals surface area contributed by atoms with Gasteiger partial charge in [0.2, 0.25) is 0 Å². The number of pyridine rings is 1. The number of hydrogen-bond donors (Lipinski definition) is 1. The van der Waals surface area contributed by atoms with Crippen molar-refractivity contribution >= 4 is 0 Å². The van der Waals surface area contributed by atoms with Gasteiger partial charge in [0.15, 0.2) is 0 Å². The fourth-order valence-electron chi connectivity index (χ4n) is 1.83. The predicted octanol–water partition coefficient (Wildman–Crippen LogP) is 2.11. The molecule has 0 saturated heterocycles. The second-order valence-corrected chi connectivity index (χ2v) is 4.12. The first-order valence-electron chi connectivity index (χ1n) is 5.66. The Kier molecular flexibility index (Phi) is 3.56. The molecule has 1 heterocycles. The molecule has 0 unspecified atom stereocenters. The van der Waals surface area contributed by atoms with Crippen molar-refractivity contribution in [3.63, 3.8) is 0 Å². The summed E-state index contributed by atoms with van der Waals surface area (Å²) in [6, 6.07) is 1.89. The molecule has 0 aliphatic heterocycles. The van der Waals surface area contributed by atoms with E-state index in [0.717, 1.165) is 23.8 Å². The van der Waals surface area contributed by atoms with Gasteiger partial charge in [0, 0.05) is 24.5 Å². The first kappa shape index (κ1) is 10.4. The second kappa shape index (κ2) is 5.12. The highest BCUT2D eigenvalue weighted by Crippen LogP contribution is 2.29. The zero-order valence-electron chi connectivity index (χ0n) is 8.98. The van der Waals surface area contributed by atoms with Crippen molar-refractivity contribution in [3.8, 4) is 5.75 Å². The fraction of sp³-hybridized carbons (Fsp3) is 0.583. The summed E-state index contributed by atoms with van der Waals surface area (Å²) in [4.78, 5) is 4.03. The average Bonchev–Trinajstić information content (AvgIpc) is 2.22. The summed E-state index contributed by atoms with van der Waals surface area (Å²) < 4.78 is 5.71. The minimum atomic E-state index is 0.493. The number of nitrogens with two attached hydrogens (primary N) is 1. The van der Waals surface area contributed by atoms with E-state index in [1.165, 1.54) is 25.7 Å². The van der Waals surface area contributed by atoms with Gasteiger partial charge in [0.05, 0.1) is 6.61 Å². The number of ether oxygens (including phenoxy) is 1. The van der Waals surface area contributed by atoms with Crippen LogP contribution in [0.15, 0.2) is 18.5 Å². The maximum Gasteiger partial charge on any atom is 0.126 e. The average molecular weight is 206 g/mol. The lowest BCUT2D eigenvalue weighted by Gasteiger charge is -2.25. The zero-order chi connectivity index (χ0) is 10.5. The van der Waals surface area contributed by atoms with E-state index in [2.05, 4.69) is 4.98 Å². The summed E-state index contributed by atoms with van der Waals surface area (Å²) in [6.45, 7) is 1.30. The third kappa shape index (κ3) is 2.69. The van der Waals surface area contributed by atoms with E-state index in [-0.39, 0.29) is 0 Å². The SMILES string of the molecule is NCc1cnccc1OCCC1CCC1. The lowest BCUT2D eigenvalue weighted by atomic mass is 9.83. The molecule has 15 heavy (non-hydrogen) atoms. The second-order valence-electron chi connectivity index (χ2n) is 4.12. The highest BCUT2D eigenvalue weighted by molar-refractivity contribution is 5.29. The van der Waals surface area contributed by atoms with Gasteiger partial charge in [-0.25, -0.2) is 0 Å². The van der Waals surface area contributed by atoms with Gasteiger partial charge in [0.25, 0.3) is 0 Å². The summed E-state index contributed by atoms with van der Waals surface area (Å²) in [5.41, 5.74) is 6.59. The van der Waals surface area contributed by atoms with Crippen LogP contribution in [0.25, 0.3) is 0 Å². The molecule has 3 nitrogen and oxygen atoms in total.